The molecule has 2 bridgehead atoms. The SMILES string of the molecule is Cc1cc(N2C[C@]34C=C[C@@H](O3)C(C(=O)NC3CCCC3)C4C2=O)no1. The molecule has 1 saturated carbocycles. The number of ether oxygens (including phenoxy) is 1. The summed E-state index contributed by atoms with van der Waals surface area (Å²) in [5, 5.41) is 7.09. The average Bonchev–Trinajstić information content (AvgIpc) is 3.36. The van der Waals surface area contributed by atoms with Gasteiger partial charge in [0.15, 0.2) is 5.82 Å². The van der Waals surface area contributed by atoms with Crippen molar-refractivity contribution in [3.05, 3.63) is 24.0 Å². The van der Waals surface area contributed by atoms with Gasteiger partial charge in [-0.1, -0.05) is 30.2 Å². The topological polar surface area (TPSA) is 84.7 Å². The number of nitrogens with zero attached hydrogens (tertiary/aromatic N) is 2. The largest absolute Gasteiger partial charge is 0.360 e. The van der Waals surface area contributed by atoms with Crippen LogP contribution in [0.4, 0.5) is 5.82 Å². The summed E-state index contributed by atoms with van der Waals surface area (Å²) in [7, 11) is 0. The van der Waals surface area contributed by atoms with Gasteiger partial charge in [-0.2, -0.15) is 0 Å². The number of hydrogen-bond acceptors (Lipinski definition) is 5. The quantitative estimate of drug-likeness (QED) is 0.837. The number of carbonyl (C=O) groups excluding carboxylic acids is 2. The van der Waals surface area contributed by atoms with E-state index in [0.29, 0.717) is 18.1 Å². The van der Waals surface area contributed by atoms with Crippen molar-refractivity contribution in [2.75, 3.05) is 11.4 Å². The highest BCUT2D eigenvalue weighted by molar-refractivity contribution is 6.02. The molecule has 7 nitrogen and oxygen atoms in total. The molecule has 0 radical (unpaired) electrons. The number of anilines is 1. The standard InChI is InChI=1S/C18H21N3O4/c1-10-8-13(20-25-10)21-9-18-7-6-12(24-18)14(15(18)17(21)23)16(22)19-11-4-2-3-5-11/h6-8,11-12,14-15H,2-5,9H2,1H3,(H,19,22)/t12-,14?,15?,18+/m1/s1. The first kappa shape index (κ1) is 15.1. The smallest absolute Gasteiger partial charge is 0.235 e. The normalized spacial score (nSPS) is 36.4. The molecule has 3 fully saturated rings. The Morgan fingerprint density at radius 1 is 1.40 bits per heavy atom. The Morgan fingerprint density at radius 3 is 2.92 bits per heavy atom. The van der Waals surface area contributed by atoms with Crippen LogP contribution in [-0.4, -0.2) is 41.3 Å². The Labute approximate surface area is 145 Å². The summed E-state index contributed by atoms with van der Waals surface area (Å²) in [5.41, 5.74) is -0.716. The number of aromatic nitrogens is 1. The minimum atomic E-state index is -0.716. The van der Waals surface area contributed by atoms with Crippen LogP contribution in [0.1, 0.15) is 31.4 Å². The van der Waals surface area contributed by atoms with Crippen molar-refractivity contribution in [3.63, 3.8) is 0 Å². The van der Waals surface area contributed by atoms with Gasteiger partial charge in [0, 0.05) is 12.1 Å². The average molecular weight is 343 g/mol. The Kier molecular flexibility index (Phi) is 3.13. The second kappa shape index (κ2) is 5.17. The first-order valence-electron chi connectivity index (χ1n) is 9.00. The molecule has 2 amide bonds. The van der Waals surface area contributed by atoms with Crippen LogP contribution >= 0.6 is 0 Å². The molecular weight excluding hydrogens is 322 g/mol. The molecule has 2 unspecified atom stereocenters. The summed E-state index contributed by atoms with van der Waals surface area (Å²) >= 11 is 0. The van der Waals surface area contributed by atoms with Gasteiger partial charge in [0.25, 0.3) is 0 Å². The number of hydrogen-bond donors (Lipinski definition) is 1. The number of rotatable bonds is 3. The van der Waals surface area contributed by atoms with E-state index in [1.165, 1.54) is 0 Å². The van der Waals surface area contributed by atoms with Crippen molar-refractivity contribution in [1.82, 2.24) is 10.5 Å². The van der Waals surface area contributed by atoms with Crippen molar-refractivity contribution < 1.29 is 18.8 Å². The zero-order valence-corrected chi connectivity index (χ0v) is 14.1. The highest BCUT2D eigenvalue weighted by atomic mass is 16.5. The lowest BCUT2D eigenvalue weighted by molar-refractivity contribution is -0.132. The Morgan fingerprint density at radius 2 is 2.20 bits per heavy atom. The fourth-order valence-corrected chi connectivity index (χ4v) is 4.84. The van der Waals surface area contributed by atoms with E-state index in [1.54, 1.807) is 17.9 Å². The molecule has 1 aromatic rings. The molecule has 5 rings (SSSR count). The van der Waals surface area contributed by atoms with E-state index < -0.39 is 17.4 Å². The monoisotopic (exact) mass is 343 g/mol. The third-order valence-corrected chi connectivity index (χ3v) is 6.00. The van der Waals surface area contributed by atoms with Gasteiger partial charge in [0.1, 0.15) is 11.4 Å². The van der Waals surface area contributed by atoms with Crippen LogP contribution in [0.3, 0.4) is 0 Å². The minimum absolute atomic E-state index is 0.0559. The van der Waals surface area contributed by atoms with Gasteiger partial charge in [-0.15, -0.1) is 0 Å². The molecule has 1 aliphatic carbocycles. The maximum atomic E-state index is 13.1. The van der Waals surface area contributed by atoms with E-state index >= 15 is 0 Å². The molecule has 1 aromatic heterocycles. The molecule has 4 heterocycles. The predicted octanol–water partition coefficient (Wildman–Crippen LogP) is 1.33. The van der Waals surface area contributed by atoms with Gasteiger partial charge >= 0.3 is 0 Å². The van der Waals surface area contributed by atoms with Crippen LogP contribution < -0.4 is 10.2 Å². The van der Waals surface area contributed by atoms with Crippen molar-refractivity contribution in [2.24, 2.45) is 11.8 Å². The maximum absolute atomic E-state index is 13.1. The molecule has 25 heavy (non-hydrogen) atoms. The van der Waals surface area contributed by atoms with Crippen LogP contribution in [0.25, 0.3) is 0 Å². The maximum Gasteiger partial charge on any atom is 0.235 e. The lowest BCUT2D eigenvalue weighted by Crippen LogP contribution is -2.46. The number of aryl methyl sites for hydroxylation is 1. The van der Waals surface area contributed by atoms with E-state index in [4.69, 9.17) is 9.26 Å². The van der Waals surface area contributed by atoms with Crippen molar-refractivity contribution >= 4 is 17.6 Å². The zero-order valence-electron chi connectivity index (χ0n) is 14.1. The molecule has 1 spiro atoms. The molecule has 4 atom stereocenters. The first-order chi connectivity index (χ1) is 12.1. The second-order valence-corrected chi connectivity index (χ2v) is 7.61. The molecule has 1 N–H and O–H groups in total. The van der Waals surface area contributed by atoms with Gasteiger partial charge in [-0.25, -0.2) is 0 Å². The van der Waals surface area contributed by atoms with Crippen molar-refractivity contribution in [1.29, 1.82) is 0 Å². The summed E-state index contributed by atoms with van der Waals surface area (Å²) in [6.07, 6.45) is 7.92. The highest BCUT2D eigenvalue weighted by Crippen LogP contribution is 2.52. The van der Waals surface area contributed by atoms with E-state index in [0.717, 1.165) is 25.7 Å². The van der Waals surface area contributed by atoms with Crippen LogP contribution in [-0.2, 0) is 14.3 Å². The fourth-order valence-electron chi connectivity index (χ4n) is 4.84. The van der Waals surface area contributed by atoms with E-state index in [-0.39, 0.29) is 24.0 Å². The van der Waals surface area contributed by atoms with E-state index in [2.05, 4.69) is 10.5 Å². The van der Waals surface area contributed by atoms with Gasteiger partial charge in [0.05, 0.1) is 24.5 Å². The first-order valence-corrected chi connectivity index (χ1v) is 9.00. The van der Waals surface area contributed by atoms with Crippen molar-refractivity contribution in [3.8, 4) is 0 Å². The molecular formula is C18H21N3O4. The van der Waals surface area contributed by atoms with Gasteiger partial charge in [-0.05, 0) is 19.8 Å². The summed E-state index contributed by atoms with van der Waals surface area (Å²) in [5.74, 6) is 0.0266. The minimum Gasteiger partial charge on any atom is -0.360 e. The van der Waals surface area contributed by atoms with Crippen molar-refractivity contribution in [2.45, 2.75) is 50.4 Å². The Balaban J connectivity index is 1.42. The predicted molar refractivity (Wildman–Crippen MR) is 87.7 cm³/mol. The summed E-state index contributed by atoms with van der Waals surface area (Å²) < 4.78 is 11.2. The fraction of sp³-hybridized carbons (Fsp3) is 0.611. The lowest BCUT2D eigenvalue weighted by Gasteiger charge is -2.24. The van der Waals surface area contributed by atoms with Gasteiger partial charge in [0.2, 0.25) is 11.8 Å². The highest BCUT2D eigenvalue weighted by Gasteiger charge is 2.67. The second-order valence-electron chi connectivity index (χ2n) is 7.61. The zero-order chi connectivity index (χ0) is 17.2. The third kappa shape index (κ3) is 2.11. The molecule has 7 heteroatoms. The molecule has 4 aliphatic rings. The summed E-state index contributed by atoms with van der Waals surface area (Å²) in [6, 6.07) is 1.97. The Hall–Kier alpha value is -2.15. The number of fused-ring (bicyclic) bond motifs is 1. The van der Waals surface area contributed by atoms with E-state index in [1.807, 2.05) is 12.2 Å². The van der Waals surface area contributed by atoms with Crippen LogP contribution in [0.2, 0.25) is 0 Å². The lowest BCUT2D eigenvalue weighted by atomic mass is 9.76. The van der Waals surface area contributed by atoms with E-state index in [9.17, 15) is 9.59 Å². The summed E-state index contributed by atoms with van der Waals surface area (Å²) in [6.45, 7) is 2.17. The van der Waals surface area contributed by atoms with Crippen LogP contribution in [0, 0.1) is 18.8 Å². The number of nitrogens with one attached hydrogen (secondary N) is 1. The molecule has 0 aromatic carbocycles. The number of carbonyl (C=O) groups is 2. The summed E-state index contributed by atoms with van der Waals surface area (Å²) in [4.78, 5) is 27.6. The van der Waals surface area contributed by atoms with Crippen LogP contribution in [0.15, 0.2) is 22.7 Å². The third-order valence-electron chi connectivity index (χ3n) is 6.00. The van der Waals surface area contributed by atoms with Gasteiger partial charge < -0.3 is 14.6 Å². The molecule has 3 aliphatic heterocycles. The Bertz CT molecular complexity index is 766. The molecule has 132 valence electrons. The van der Waals surface area contributed by atoms with Gasteiger partial charge in [-0.3, -0.25) is 14.5 Å². The number of amides is 2. The van der Waals surface area contributed by atoms with Crippen LogP contribution in [0.5, 0.6) is 0 Å². The molecule has 2 saturated heterocycles.